The second-order valence-corrected chi connectivity index (χ2v) is 7.05. The lowest BCUT2D eigenvalue weighted by Gasteiger charge is -2.07. The summed E-state index contributed by atoms with van der Waals surface area (Å²) in [6, 6.07) is 24.8. The quantitative estimate of drug-likeness (QED) is 0.335. The highest BCUT2D eigenvalue weighted by Gasteiger charge is 2.14. The van der Waals surface area contributed by atoms with Crippen LogP contribution in [0.25, 0.3) is 11.3 Å². The second kappa shape index (κ2) is 8.95. The highest BCUT2D eigenvalue weighted by molar-refractivity contribution is 6.36. The first-order valence-corrected chi connectivity index (χ1v) is 9.68. The van der Waals surface area contributed by atoms with Gasteiger partial charge in [-0.2, -0.15) is 0 Å². The van der Waals surface area contributed by atoms with E-state index in [0.717, 1.165) is 11.3 Å². The van der Waals surface area contributed by atoms with Gasteiger partial charge in [0.15, 0.2) is 0 Å². The van der Waals surface area contributed by atoms with Crippen LogP contribution in [0.3, 0.4) is 0 Å². The van der Waals surface area contributed by atoms with E-state index in [0.29, 0.717) is 16.5 Å². The van der Waals surface area contributed by atoms with Gasteiger partial charge in [-0.05, 0) is 60.7 Å². The number of para-hydroxylation sites is 1. The first kappa shape index (κ1) is 19.9. The Morgan fingerprint density at radius 3 is 2.17 bits per heavy atom. The van der Waals surface area contributed by atoms with E-state index >= 15 is 0 Å². The number of aromatic nitrogens is 2. The van der Waals surface area contributed by atoms with Gasteiger partial charge in [0.25, 0.3) is 0 Å². The minimum Gasteiger partial charge on any atom is -0.457 e. The average molecular weight is 437 g/mol. The van der Waals surface area contributed by atoms with Crippen molar-refractivity contribution in [1.29, 1.82) is 0 Å². The summed E-state index contributed by atoms with van der Waals surface area (Å²) in [4.78, 5) is 12.3. The van der Waals surface area contributed by atoms with Crippen molar-refractivity contribution < 1.29 is 14.3 Å². The number of hydrogen-bond acceptors (Lipinski definition) is 5. The van der Waals surface area contributed by atoms with Gasteiger partial charge >= 0.3 is 5.97 Å². The van der Waals surface area contributed by atoms with Gasteiger partial charge in [0.05, 0.1) is 16.3 Å². The Labute approximate surface area is 182 Å². The Balaban J connectivity index is 1.43. The molecule has 0 aliphatic heterocycles. The molecule has 5 nitrogen and oxygen atoms in total. The molecule has 3 aromatic carbocycles. The number of esters is 1. The highest BCUT2D eigenvalue weighted by atomic mass is 35.5. The molecule has 0 saturated carbocycles. The Morgan fingerprint density at radius 2 is 1.50 bits per heavy atom. The molecule has 0 aliphatic carbocycles. The van der Waals surface area contributed by atoms with Gasteiger partial charge in [-0.1, -0.05) is 41.4 Å². The molecule has 0 spiro atoms. The van der Waals surface area contributed by atoms with Crippen LogP contribution in [0.15, 0.2) is 84.9 Å². The van der Waals surface area contributed by atoms with E-state index in [4.69, 9.17) is 32.7 Å². The zero-order valence-corrected chi connectivity index (χ0v) is 17.0. The summed E-state index contributed by atoms with van der Waals surface area (Å²) in [6.45, 7) is 0. The van der Waals surface area contributed by atoms with E-state index in [2.05, 4.69) is 10.2 Å². The molecule has 4 aromatic rings. The van der Waals surface area contributed by atoms with E-state index in [-0.39, 0.29) is 16.5 Å². The fraction of sp³-hybridized carbons (Fsp3) is 0. The van der Waals surface area contributed by atoms with Crippen LogP contribution >= 0.6 is 23.2 Å². The van der Waals surface area contributed by atoms with E-state index in [1.54, 1.807) is 18.2 Å². The summed E-state index contributed by atoms with van der Waals surface area (Å²) in [6.07, 6.45) is 0. The molecule has 7 heteroatoms. The molecule has 1 heterocycles. The Bertz CT molecular complexity index is 1170. The number of nitrogens with zero attached hydrogens (tertiary/aromatic N) is 2. The van der Waals surface area contributed by atoms with Gasteiger partial charge in [0.1, 0.15) is 11.5 Å². The molecule has 0 amide bonds. The third-order valence-corrected chi connectivity index (χ3v) is 4.67. The summed E-state index contributed by atoms with van der Waals surface area (Å²) in [5.41, 5.74) is 1.67. The molecule has 1 aromatic heterocycles. The zero-order chi connectivity index (χ0) is 20.9. The van der Waals surface area contributed by atoms with Gasteiger partial charge in [-0.15, -0.1) is 10.2 Å². The lowest BCUT2D eigenvalue weighted by Crippen LogP contribution is -2.10. The third-order valence-electron chi connectivity index (χ3n) is 4.12. The molecule has 0 atom stereocenters. The van der Waals surface area contributed by atoms with Gasteiger partial charge in [0, 0.05) is 16.7 Å². The van der Waals surface area contributed by atoms with Crippen LogP contribution in [-0.4, -0.2) is 16.2 Å². The lowest BCUT2D eigenvalue weighted by atomic mass is 10.1. The van der Waals surface area contributed by atoms with Crippen molar-refractivity contribution in [3.63, 3.8) is 0 Å². The van der Waals surface area contributed by atoms with Crippen LogP contribution in [0.2, 0.25) is 10.0 Å². The summed E-state index contributed by atoms with van der Waals surface area (Å²) in [5, 5.41) is 8.72. The van der Waals surface area contributed by atoms with Gasteiger partial charge in [0.2, 0.25) is 5.88 Å². The Morgan fingerprint density at radius 1 is 0.767 bits per heavy atom. The molecular formula is C23H14Cl2N2O3. The largest absolute Gasteiger partial charge is 0.457 e. The van der Waals surface area contributed by atoms with Crippen molar-refractivity contribution in [3.05, 3.63) is 101 Å². The SMILES string of the molecule is O=C(Oc1ccc(-c2ccc(Oc3ccccc3)cc2)nn1)c1ccc(Cl)cc1Cl. The Hall–Kier alpha value is -3.41. The van der Waals surface area contributed by atoms with Crippen LogP contribution in [0, 0.1) is 0 Å². The predicted molar refractivity (Wildman–Crippen MR) is 115 cm³/mol. The number of hydrogen-bond donors (Lipinski definition) is 0. The molecule has 0 unspecified atom stereocenters. The van der Waals surface area contributed by atoms with Gasteiger partial charge < -0.3 is 9.47 Å². The average Bonchev–Trinajstić information content (AvgIpc) is 2.75. The van der Waals surface area contributed by atoms with Gasteiger partial charge in [-0.3, -0.25) is 0 Å². The number of benzene rings is 3. The number of carbonyl (C=O) groups excluding carboxylic acids is 1. The van der Waals surface area contributed by atoms with Crippen LogP contribution in [0.4, 0.5) is 0 Å². The third kappa shape index (κ3) is 4.76. The molecule has 0 radical (unpaired) electrons. The monoisotopic (exact) mass is 436 g/mol. The maximum atomic E-state index is 12.3. The van der Waals surface area contributed by atoms with Crippen molar-refractivity contribution in [3.8, 4) is 28.6 Å². The number of rotatable bonds is 5. The number of halogens is 2. The number of ether oxygens (including phenoxy) is 2. The van der Waals surface area contributed by atoms with Crippen LogP contribution in [0.5, 0.6) is 17.4 Å². The molecule has 0 N–H and O–H groups in total. The lowest BCUT2D eigenvalue weighted by molar-refractivity contribution is 0.0726. The maximum Gasteiger partial charge on any atom is 0.346 e. The molecule has 4 rings (SSSR count). The van der Waals surface area contributed by atoms with E-state index in [1.807, 2.05) is 54.6 Å². The van der Waals surface area contributed by atoms with Crippen molar-refractivity contribution in [1.82, 2.24) is 10.2 Å². The molecule has 0 aliphatic rings. The molecule has 148 valence electrons. The summed E-state index contributed by atoms with van der Waals surface area (Å²) >= 11 is 11.9. The topological polar surface area (TPSA) is 61.3 Å². The number of carbonyl (C=O) groups is 1. The predicted octanol–water partition coefficient (Wildman–Crippen LogP) is 6.46. The molecule has 30 heavy (non-hydrogen) atoms. The maximum absolute atomic E-state index is 12.3. The fourth-order valence-corrected chi connectivity index (χ4v) is 3.14. The first-order chi connectivity index (χ1) is 14.6. The highest BCUT2D eigenvalue weighted by Crippen LogP contribution is 2.26. The Kier molecular flexibility index (Phi) is 5.93. The minimum absolute atomic E-state index is 0.0683. The van der Waals surface area contributed by atoms with Crippen molar-refractivity contribution in [2.24, 2.45) is 0 Å². The fourth-order valence-electron chi connectivity index (χ4n) is 2.65. The van der Waals surface area contributed by atoms with Crippen LogP contribution < -0.4 is 9.47 Å². The van der Waals surface area contributed by atoms with E-state index in [9.17, 15) is 4.79 Å². The standard InChI is InChI=1S/C23H14Cl2N2O3/c24-16-8-11-19(20(25)14-16)23(28)30-22-13-12-21(26-27-22)15-6-9-18(10-7-15)29-17-4-2-1-3-5-17/h1-14H. The molecule has 0 fully saturated rings. The molecular weight excluding hydrogens is 423 g/mol. The van der Waals surface area contributed by atoms with Crippen LogP contribution in [-0.2, 0) is 0 Å². The minimum atomic E-state index is -0.638. The van der Waals surface area contributed by atoms with Crippen molar-refractivity contribution in [2.75, 3.05) is 0 Å². The van der Waals surface area contributed by atoms with Crippen molar-refractivity contribution >= 4 is 29.2 Å². The first-order valence-electron chi connectivity index (χ1n) is 8.93. The smallest absolute Gasteiger partial charge is 0.346 e. The normalized spacial score (nSPS) is 10.5. The summed E-state index contributed by atoms with van der Waals surface area (Å²) in [7, 11) is 0. The van der Waals surface area contributed by atoms with Crippen molar-refractivity contribution in [2.45, 2.75) is 0 Å². The molecule has 0 saturated heterocycles. The van der Waals surface area contributed by atoms with Gasteiger partial charge in [-0.25, -0.2) is 4.79 Å². The molecule has 0 bridgehead atoms. The van der Waals surface area contributed by atoms with E-state index in [1.165, 1.54) is 12.1 Å². The van der Waals surface area contributed by atoms with E-state index < -0.39 is 5.97 Å². The second-order valence-electron chi connectivity index (χ2n) is 6.21. The zero-order valence-electron chi connectivity index (χ0n) is 15.5. The summed E-state index contributed by atoms with van der Waals surface area (Å²) < 4.78 is 11.0. The van der Waals surface area contributed by atoms with Crippen LogP contribution in [0.1, 0.15) is 10.4 Å². The summed E-state index contributed by atoms with van der Waals surface area (Å²) in [5.74, 6) is 0.903.